The van der Waals surface area contributed by atoms with E-state index in [2.05, 4.69) is 10.1 Å². The monoisotopic (exact) mass is 419 g/mol. The van der Waals surface area contributed by atoms with Crippen LogP contribution in [0.3, 0.4) is 0 Å². The summed E-state index contributed by atoms with van der Waals surface area (Å²) in [6.45, 7) is 0.326. The predicted octanol–water partition coefficient (Wildman–Crippen LogP) is 4.77. The minimum Gasteiger partial charge on any atom is -0.465 e. The van der Waals surface area contributed by atoms with Crippen molar-refractivity contribution in [2.75, 3.05) is 7.11 Å². The normalized spacial score (nSPS) is 18.8. The molecule has 0 aliphatic heterocycles. The first-order chi connectivity index (χ1) is 14.3. The van der Waals surface area contributed by atoms with Gasteiger partial charge in [0.1, 0.15) is 0 Å². The molecular weight excluding hydrogens is 395 g/mol. The lowest BCUT2D eigenvalue weighted by Gasteiger charge is -2.20. The Labute approximate surface area is 173 Å². The summed E-state index contributed by atoms with van der Waals surface area (Å²) in [6.07, 6.45) is -1.48. The van der Waals surface area contributed by atoms with E-state index in [0.29, 0.717) is 24.1 Å². The molecule has 160 valence electrons. The van der Waals surface area contributed by atoms with Crippen molar-refractivity contribution in [3.63, 3.8) is 0 Å². The summed E-state index contributed by atoms with van der Waals surface area (Å²) in [4.78, 5) is 24.2. The molecule has 30 heavy (non-hydrogen) atoms. The van der Waals surface area contributed by atoms with Crippen LogP contribution in [0.15, 0.2) is 48.5 Å². The Morgan fingerprint density at radius 1 is 1.07 bits per heavy atom. The molecule has 2 unspecified atom stereocenters. The topological polar surface area (TPSA) is 55.4 Å². The number of hydrogen-bond acceptors (Lipinski definition) is 3. The van der Waals surface area contributed by atoms with Gasteiger partial charge in [0.25, 0.3) is 0 Å². The minimum absolute atomic E-state index is 0.0233. The highest BCUT2D eigenvalue weighted by molar-refractivity contribution is 5.89. The zero-order valence-electron chi connectivity index (χ0n) is 16.7. The lowest BCUT2D eigenvalue weighted by atomic mass is 9.88. The molecule has 1 N–H and O–H groups in total. The van der Waals surface area contributed by atoms with Crippen LogP contribution in [-0.4, -0.2) is 19.0 Å². The van der Waals surface area contributed by atoms with Crippen LogP contribution in [0.1, 0.15) is 46.3 Å². The van der Waals surface area contributed by atoms with E-state index in [1.165, 1.54) is 19.2 Å². The average molecular weight is 419 g/mol. The lowest BCUT2D eigenvalue weighted by molar-refractivity contribution is -0.137. The van der Waals surface area contributed by atoms with Crippen molar-refractivity contribution in [1.29, 1.82) is 0 Å². The van der Waals surface area contributed by atoms with Crippen molar-refractivity contribution in [3.8, 4) is 0 Å². The molecule has 1 aliphatic rings. The molecule has 0 radical (unpaired) electrons. The summed E-state index contributed by atoms with van der Waals surface area (Å²) >= 11 is 0. The smallest absolute Gasteiger partial charge is 0.416 e. The predicted molar refractivity (Wildman–Crippen MR) is 106 cm³/mol. The number of rotatable bonds is 6. The standard InChI is InChI=1S/C23H24F3NO3/c1-30-22(29)17-10-8-15(9-11-17)14-27-21(28)20-7-3-5-18(20)12-16-4-2-6-19(13-16)23(24,25)26/h2,4,6,8-11,13,18,20H,3,5,7,12,14H2,1H3,(H,27,28). The van der Waals surface area contributed by atoms with E-state index in [0.717, 1.165) is 30.9 Å². The summed E-state index contributed by atoms with van der Waals surface area (Å²) in [5.41, 5.74) is 1.23. The molecule has 4 nitrogen and oxygen atoms in total. The number of amides is 1. The number of halogens is 3. The number of methoxy groups -OCH3 is 1. The largest absolute Gasteiger partial charge is 0.465 e. The van der Waals surface area contributed by atoms with Crippen LogP contribution in [0.4, 0.5) is 13.2 Å². The number of benzene rings is 2. The number of carbonyl (C=O) groups is 2. The van der Waals surface area contributed by atoms with Crippen LogP contribution in [0, 0.1) is 11.8 Å². The summed E-state index contributed by atoms with van der Waals surface area (Å²) < 4.78 is 43.5. The van der Waals surface area contributed by atoms with Crippen molar-refractivity contribution in [1.82, 2.24) is 5.32 Å². The van der Waals surface area contributed by atoms with Crippen molar-refractivity contribution in [3.05, 3.63) is 70.8 Å². The van der Waals surface area contributed by atoms with Crippen molar-refractivity contribution in [2.24, 2.45) is 11.8 Å². The summed E-state index contributed by atoms with van der Waals surface area (Å²) in [7, 11) is 1.31. The molecule has 7 heteroatoms. The highest BCUT2D eigenvalue weighted by atomic mass is 19.4. The number of carbonyl (C=O) groups excluding carboxylic acids is 2. The first-order valence-electron chi connectivity index (χ1n) is 9.89. The summed E-state index contributed by atoms with van der Waals surface area (Å²) in [5, 5.41) is 2.92. The molecule has 2 atom stereocenters. The van der Waals surface area contributed by atoms with Crippen molar-refractivity contribution in [2.45, 2.75) is 38.4 Å². The van der Waals surface area contributed by atoms with Gasteiger partial charge in [-0.25, -0.2) is 4.79 Å². The Morgan fingerprint density at radius 2 is 1.80 bits per heavy atom. The third-order valence-electron chi connectivity index (χ3n) is 5.59. The van der Waals surface area contributed by atoms with Crippen molar-refractivity contribution < 1.29 is 27.5 Å². The highest BCUT2D eigenvalue weighted by Gasteiger charge is 2.34. The highest BCUT2D eigenvalue weighted by Crippen LogP contribution is 2.36. The zero-order valence-corrected chi connectivity index (χ0v) is 16.7. The molecule has 0 spiro atoms. The quantitative estimate of drug-likeness (QED) is 0.687. The maximum absolute atomic E-state index is 12.9. The Kier molecular flexibility index (Phi) is 6.80. The van der Waals surface area contributed by atoms with Gasteiger partial charge in [-0.05, 0) is 54.5 Å². The van der Waals surface area contributed by atoms with Gasteiger partial charge in [0.2, 0.25) is 5.91 Å². The van der Waals surface area contributed by atoms with Gasteiger partial charge < -0.3 is 10.1 Å². The molecule has 0 aromatic heterocycles. The Morgan fingerprint density at radius 3 is 2.47 bits per heavy atom. The van der Waals surface area contributed by atoms with Gasteiger partial charge in [-0.3, -0.25) is 4.79 Å². The Bertz CT molecular complexity index is 893. The fraction of sp³-hybridized carbons (Fsp3) is 0.391. The summed E-state index contributed by atoms with van der Waals surface area (Å²) in [5.74, 6) is -0.695. The fourth-order valence-electron chi connectivity index (χ4n) is 4.00. The van der Waals surface area contributed by atoms with Gasteiger partial charge in [0.05, 0.1) is 18.2 Å². The van der Waals surface area contributed by atoms with E-state index in [1.807, 2.05) is 0 Å². The number of alkyl halides is 3. The molecule has 1 fully saturated rings. The van der Waals surface area contributed by atoms with E-state index < -0.39 is 17.7 Å². The van der Waals surface area contributed by atoms with E-state index >= 15 is 0 Å². The van der Waals surface area contributed by atoms with Crippen LogP contribution >= 0.6 is 0 Å². The van der Waals surface area contributed by atoms with Gasteiger partial charge in [-0.2, -0.15) is 13.2 Å². The van der Waals surface area contributed by atoms with Gasteiger partial charge in [-0.1, -0.05) is 36.8 Å². The minimum atomic E-state index is -4.37. The van der Waals surface area contributed by atoms with E-state index in [9.17, 15) is 22.8 Å². The van der Waals surface area contributed by atoms with Crippen LogP contribution in [0.25, 0.3) is 0 Å². The Hall–Kier alpha value is -2.83. The molecular formula is C23H24F3NO3. The SMILES string of the molecule is COC(=O)c1ccc(CNC(=O)C2CCCC2Cc2cccc(C(F)(F)F)c2)cc1. The molecule has 2 aromatic carbocycles. The van der Waals surface area contributed by atoms with Gasteiger partial charge in [0, 0.05) is 12.5 Å². The molecule has 1 aliphatic carbocycles. The number of ether oxygens (including phenoxy) is 1. The lowest BCUT2D eigenvalue weighted by Crippen LogP contribution is -2.33. The third-order valence-corrected chi connectivity index (χ3v) is 5.59. The second-order valence-electron chi connectivity index (χ2n) is 7.61. The molecule has 0 heterocycles. The van der Waals surface area contributed by atoms with Crippen LogP contribution in [-0.2, 0) is 28.7 Å². The number of hydrogen-bond donors (Lipinski definition) is 1. The second-order valence-corrected chi connectivity index (χ2v) is 7.61. The maximum atomic E-state index is 12.9. The van der Waals surface area contributed by atoms with Crippen molar-refractivity contribution >= 4 is 11.9 Å². The molecule has 1 amide bonds. The number of esters is 1. The molecule has 1 saturated carbocycles. The maximum Gasteiger partial charge on any atom is 0.416 e. The van der Waals surface area contributed by atoms with Crippen LogP contribution in [0.5, 0.6) is 0 Å². The first-order valence-corrected chi connectivity index (χ1v) is 9.89. The third kappa shape index (κ3) is 5.40. The Balaban J connectivity index is 1.59. The second kappa shape index (κ2) is 9.32. The zero-order chi connectivity index (χ0) is 21.7. The summed E-state index contributed by atoms with van der Waals surface area (Å²) in [6, 6.07) is 12.1. The van der Waals surface area contributed by atoms with E-state index in [-0.39, 0.29) is 17.7 Å². The van der Waals surface area contributed by atoms with Crippen LogP contribution in [0.2, 0.25) is 0 Å². The van der Waals surface area contributed by atoms with Gasteiger partial charge in [-0.15, -0.1) is 0 Å². The fourth-order valence-corrected chi connectivity index (χ4v) is 4.00. The molecule has 0 bridgehead atoms. The van der Waals surface area contributed by atoms with Crippen LogP contribution < -0.4 is 5.32 Å². The molecule has 3 rings (SSSR count). The number of nitrogens with one attached hydrogen (secondary N) is 1. The average Bonchev–Trinajstić information content (AvgIpc) is 3.19. The van der Waals surface area contributed by atoms with Gasteiger partial charge >= 0.3 is 12.1 Å². The molecule has 2 aromatic rings. The van der Waals surface area contributed by atoms with E-state index in [1.54, 1.807) is 30.3 Å². The van der Waals surface area contributed by atoms with E-state index in [4.69, 9.17) is 0 Å². The molecule has 0 saturated heterocycles. The first kappa shape index (κ1) is 21.9. The van der Waals surface area contributed by atoms with Gasteiger partial charge in [0.15, 0.2) is 0 Å².